The first-order chi connectivity index (χ1) is 16.2. The highest BCUT2D eigenvalue weighted by atomic mass is 79.9. The molecule has 0 aliphatic rings. The maximum Gasteiger partial charge on any atom is 0.255 e. The van der Waals surface area contributed by atoms with Crippen LogP contribution >= 0.6 is 15.9 Å². The fraction of sp³-hybridized carbons (Fsp3) is 0.286. The summed E-state index contributed by atoms with van der Waals surface area (Å²) in [4.78, 5) is 25.2. The van der Waals surface area contributed by atoms with Gasteiger partial charge in [0.2, 0.25) is 0 Å². The average molecular weight is 523 g/mol. The van der Waals surface area contributed by atoms with Gasteiger partial charge in [-0.15, -0.1) is 0 Å². The molecular formula is C28H31BrN2O3. The normalized spacial score (nSPS) is 11.1. The quantitative estimate of drug-likeness (QED) is 0.302. The highest BCUT2D eigenvalue weighted by Gasteiger charge is 2.15. The second-order valence-corrected chi connectivity index (χ2v) is 10.0. The smallest absolute Gasteiger partial charge is 0.255 e. The lowest BCUT2D eigenvalue weighted by Gasteiger charge is -2.19. The van der Waals surface area contributed by atoms with Gasteiger partial charge >= 0.3 is 0 Å². The molecule has 0 aromatic heterocycles. The van der Waals surface area contributed by atoms with Crippen molar-refractivity contribution in [2.24, 2.45) is 0 Å². The zero-order valence-electron chi connectivity index (χ0n) is 20.1. The SMILES string of the molecule is CCCCOc1ccc(C(=O)Nc2ccc(NC(=O)c3ccc(C(C)(C)C)cc3)cc2)cc1Br. The standard InChI is InChI=1S/C28H31BrN2O3/c1-5-6-17-34-25-16-9-20(18-24(25)29)27(33)31-23-14-12-22(13-15-23)30-26(32)19-7-10-21(11-8-19)28(2,3)4/h7-16,18H,5-6,17H2,1-4H3,(H,30,32)(H,31,33). The molecule has 0 unspecified atom stereocenters. The number of hydrogen-bond donors (Lipinski definition) is 2. The molecular weight excluding hydrogens is 492 g/mol. The van der Waals surface area contributed by atoms with Gasteiger partial charge in [0.05, 0.1) is 11.1 Å². The molecule has 0 spiro atoms. The Hall–Kier alpha value is -3.12. The Labute approximate surface area is 210 Å². The van der Waals surface area contributed by atoms with Gasteiger partial charge in [-0.25, -0.2) is 0 Å². The molecule has 0 radical (unpaired) electrons. The number of unbranched alkanes of at least 4 members (excludes halogenated alkanes) is 1. The molecule has 0 saturated carbocycles. The number of nitrogens with one attached hydrogen (secondary N) is 2. The van der Waals surface area contributed by atoms with E-state index in [9.17, 15) is 9.59 Å². The van der Waals surface area contributed by atoms with Gasteiger partial charge in [-0.2, -0.15) is 0 Å². The van der Waals surface area contributed by atoms with Crippen LogP contribution in [0.4, 0.5) is 11.4 Å². The monoisotopic (exact) mass is 522 g/mol. The van der Waals surface area contributed by atoms with Crippen molar-refractivity contribution in [2.45, 2.75) is 46.0 Å². The molecule has 2 N–H and O–H groups in total. The van der Waals surface area contributed by atoms with Crippen LogP contribution in [0.2, 0.25) is 0 Å². The topological polar surface area (TPSA) is 67.4 Å². The van der Waals surface area contributed by atoms with Gasteiger partial charge in [-0.3, -0.25) is 9.59 Å². The van der Waals surface area contributed by atoms with Crippen LogP contribution in [-0.4, -0.2) is 18.4 Å². The first-order valence-electron chi connectivity index (χ1n) is 11.4. The Balaban J connectivity index is 1.58. The van der Waals surface area contributed by atoms with Crippen LogP contribution in [-0.2, 0) is 5.41 Å². The number of carbonyl (C=O) groups is 2. The number of rotatable bonds is 8. The molecule has 6 heteroatoms. The van der Waals surface area contributed by atoms with E-state index < -0.39 is 0 Å². The first-order valence-corrected chi connectivity index (χ1v) is 12.2. The minimum atomic E-state index is -0.225. The molecule has 0 bridgehead atoms. The number of anilines is 2. The zero-order valence-corrected chi connectivity index (χ0v) is 21.7. The van der Waals surface area contributed by atoms with Gasteiger partial charge in [0, 0.05) is 22.5 Å². The Bertz CT molecular complexity index is 1130. The van der Waals surface area contributed by atoms with Crippen molar-refractivity contribution in [1.29, 1.82) is 0 Å². The van der Waals surface area contributed by atoms with Crippen molar-refractivity contribution in [1.82, 2.24) is 0 Å². The van der Waals surface area contributed by atoms with Crippen LogP contribution in [0.1, 0.15) is 66.8 Å². The van der Waals surface area contributed by atoms with Crippen molar-refractivity contribution in [3.8, 4) is 5.75 Å². The van der Waals surface area contributed by atoms with Crippen LogP contribution in [0, 0.1) is 0 Å². The zero-order chi connectivity index (χ0) is 24.7. The van der Waals surface area contributed by atoms with Crippen molar-refractivity contribution in [3.63, 3.8) is 0 Å². The van der Waals surface area contributed by atoms with E-state index in [1.165, 1.54) is 5.56 Å². The number of ether oxygens (including phenoxy) is 1. The van der Waals surface area contributed by atoms with Crippen LogP contribution < -0.4 is 15.4 Å². The molecule has 3 aromatic rings. The van der Waals surface area contributed by atoms with Crippen LogP contribution in [0.15, 0.2) is 71.2 Å². The molecule has 3 aromatic carbocycles. The second-order valence-electron chi connectivity index (χ2n) is 9.16. The van der Waals surface area contributed by atoms with E-state index in [1.807, 2.05) is 24.3 Å². The third-order valence-corrected chi connectivity index (χ3v) is 5.98. The molecule has 0 heterocycles. The number of hydrogen-bond acceptors (Lipinski definition) is 3. The van der Waals surface area contributed by atoms with Crippen molar-refractivity contribution in [2.75, 3.05) is 17.2 Å². The van der Waals surface area contributed by atoms with E-state index in [4.69, 9.17) is 4.74 Å². The van der Waals surface area contributed by atoms with E-state index in [-0.39, 0.29) is 17.2 Å². The molecule has 178 valence electrons. The molecule has 3 rings (SSSR count). The minimum Gasteiger partial charge on any atom is -0.492 e. The summed E-state index contributed by atoms with van der Waals surface area (Å²) in [6.45, 7) is 9.17. The van der Waals surface area contributed by atoms with E-state index in [0.717, 1.165) is 23.1 Å². The lowest BCUT2D eigenvalue weighted by atomic mass is 9.87. The summed E-state index contributed by atoms with van der Waals surface area (Å²) in [6.07, 6.45) is 2.04. The molecule has 5 nitrogen and oxygen atoms in total. The van der Waals surface area contributed by atoms with Gasteiger partial charge in [0.1, 0.15) is 5.75 Å². The number of benzene rings is 3. The predicted octanol–water partition coefficient (Wildman–Crippen LogP) is 7.43. The molecule has 0 atom stereocenters. The van der Waals surface area contributed by atoms with Gasteiger partial charge < -0.3 is 15.4 Å². The summed E-state index contributed by atoms with van der Waals surface area (Å²) < 4.78 is 6.46. The highest BCUT2D eigenvalue weighted by molar-refractivity contribution is 9.10. The Morgan fingerprint density at radius 2 is 1.35 bits per heavy atom. The Morgan fingerprint density at radius 3 is 1.85 bits per heavy atom. The molecule has 34 heavy (non-hydrogen) atoms. The Kier molecular flexibility index (Phi) is 8.51. The van der Waals surface area contributed by atoms with Crippen LogP contribution in [0.5, 0.6) is 5.75 Å². The lowest BCUT2D eigenvalue weighted by Crippen LogP contribution is -2.14. The largest absolute Gasteiger partial charge is 0.492 e. The van der Waals surface area contributed by atoms with Crippen LogP contribution in [0.3, 0.4) is 0 Å². The summed E-state index contributed by atoms with van der Waals surface area (Å²) in [6, 6.07) is 20.0. The molecule has 2 amide bonds. The van der Waals surface area contributed by atoms with E-state index in [1.54, 1.807) is 42.5 Å². The van der Waals surface area contributed by atoms with Crippen molar-refractivity contribution < 1.29 is 14.3 Å². The van der Waals surface area contributed by atoms with Crippen molar-refractivity contribution in [3.05, 3.63) is 87.9 Å². The molecule has 0 saturated heterocycles. The minimum absolute atomic E-state index is 0.0375. The third-order valence-electron chi connectivity index (χ3n) is 5.36. The fourth-order valence-electron chi connectivity index (χ4n) is 3.25. The van der Waals surface area contributed by atoms with Crippen molar-refractivity contribution >= 4 is 39.1 Å². The van der Waals surface area contributed by atoms with Gasteiger partial charge in [0.25, 0.3) is 11.8 Å². The molecule has 0 aliphatic carbocycles. The van der Waals surface area contributed by atoms with E-state index in [0.29, 0.717) is 29.1 Å². The highest BCUT2D eigenvalue weighted by Crippen LogP contribution is 2.27. The average Bonchev–Trinajstić information content (AvgIpc) is 2.81. The number of carbonyl (C=O) groups excluding carboxylic acids is 2. The fourth-order valence-corrected chi connectivity index (χ4v) is 3.74. The maximum absolute atomic E-state index is 12.6. The van der Waals surface area contributed by atoms with Gasteiger partial charge in [0.15, 0.2) is 0 Å². The second kappa shape index (κ2) is 11.3. The number of amides is 2. The summed E-state index contributed by atoms with van der Waals surface area (Å²) in [5.41, 5.74) is 3.62. The Morgan fingerprint density at radius 1 is 0.824 bits per heavy atom. The van der Waals surface area contributed by atoms with Crippen LogP contribution in [0.25, 0.3) is 0 Å². The summed E-state index contributed by atoms with van der Waals surface area (Å²) >= 11 is 3.47. The first kappa shape index (κ1) is 25.5. The van der Waals surface area contributed by atoms with Gasteiger partial charge in [-0.05, 0) is 87.9 Å². The predicted molar refractivity (Wildman–Crippen MR) is 142 cm³/mol. The van der Waals surface area contributed by atoms with Gasteiger partial charge in [-0.1, -0.05) is 46.2 Å². The molecule has 0 fully saturated rings. The third kappa shape index (κ3) is 6.94. The number of halogens is 1. The van der Waals surface area contributed by atoms with E-state index in [2.05, 4.69) is 54.3 Å². The lowest BCUT2D eigenvalue weighted by molar-refractivity contribution is 0.101. The maximum atomic E-state index is 12.6. The summed E-state index contributed by atoms with van der Waals surface area (Å²) in [5, 5.41) is 5.77. The summed E-state index contributed by atoms with van der Waals surface area (Å²) in [7, 11) is 0. The summed E-state index contributed by atoms with van der Waals surface area (Å²) in [5.74, 6) is 0.318. The van der Waals surface area contributed by atoms with E-state index >= 15 is 0 Å². The molecule has 0 aliphatic heterocycles.